The molecule has 1 aliphatic rings. The van der Waals surface area contributed by atoms with Crippen molar-refractivity contribution in [1.82, 2.24) is 15.2 Å². The number of para-hydroxylation sites is 1. The van der Waals surface area contributed by atoms with Crippen LogP contribution in [0.2, 0.25) is 0 Å². The summed E-state index contributed by atoms with van der Waals surface area (Å²) in [5, 5.41) is 3.50. The quantitative estimate of drug-likeness (QED) is 0.415. The second-order valence-electron chi connectivity index (χ2n) is 6.59. The first-order chi connectivity index (χ1) is 12.7. The van der Waals surface area contributed by atoms with Crippen molar-refractivity contribution < 1.29 is 0 Å². The van der Waals surface area contributed by atoms with E-state index in [1.54, 1.807) is 0 Å². The van der Waals surface area contributed by atoms with Crippen molar-refractivity contribution in [3.63, 3.8) is 0 Å². The van der Waals surface area contributed by atoms with Gasteiger partial charge in [0.15, 0.2) is 5.96 Å². The fraction of sp³-hybridized carbons (Fsp3) is 0.400. The molecule has 0 atom stereocenters. The Bertz CT molecular complexity index is 726. The number of nitrogens with one attached hydrogen (secondary N) is 1. The van der Waals surface area contributed by atoms with Gasteiger partial charge in [0.2, 0.25) is 0 Å². The van der Waals surface area contributed by atoms with E-state index in [1.807, 2.05) is 38.3 Å². The summed E-state index contributed by atoms with van der Waals surface area (Å²) in [4.78, 5) is 15.7. The zero-order chi connectivity index (χ0) is 18.4. The lowest BCUT2D eigenvalue weighted by molar-refractivity contribution is 0.372. The third-order valence-electron chi connectivity index (χ3n) is 4.64. The van der Waals surface area contributed by atoms with E-state index >= 15 is 0 Å². The molecule has 2 aromatic rings. The number of hydrogen-bond acceptors (Lipinski definition) is 4. The van der Waals surface area contributed by atoms with Crippen molar-refractivity contribution in [2.75, 3.05) is 57.1 Å². The number of anilines is 2. The normalized spacial score (nSPS) is 14.6. The lowest BCUT2D eigenvalue weighted by atomic mass is 10.2. The van der Waals surface area contributed by atoms with Gasteiger partial charge < -0.3 is 20.0 Å². The standard InChI is InChI=1S/C20H28N6.HI/c1-21-20(23-16-17-8-7-11-22-19(17)24(2)3)26-14-12-25(13-15-26)18-9-5-4-6-10-18;/h4-11H,12-16H2,1-3H3,(H,21,23);1H. The molecule has 0 saturated carbocycles. The van der Waals surface area contributed by atoms with Crippen molar-refractivity contribution in [3.05, 3.63) is 54.2 Å². The van der Waals surface area contributed by atoms with Gasteiger partial charge in [-0.1, -0.05) is 24.3 Å². The SMILES string of the molecule is CN=C(NCc1cccnc1N(C)C)N1CCN(c2ccccc2)CC1.I. The number of piperazine rings is 1. The Morgan fingerprint density at radius 3 is 2.41 bits per heavy atom. The summed E-state index contributed by atoms with van der Waals surface area (Å²) in [5.41, 5.74) is 2.46. The number of hydrogen-bond donors (Lipinski definition) is 1. The third kappa shape index (κ3) is 5.47. The molecule has 0 unspecified atom stereocenters. The first-order valence-corrected chi connectivity index (χ1v) is 9.06. The van der Waals surface area contributed by atoms with Crippen LogP contribution in [0.1, 0.15) is 5.56 Å². The smallest absolute Gasteiger partial charge is 0.194 e. The molecule has 146 valence electrons. The topological polar surface area (TPSA) is 47.0 Å². The molecule has 1 aliphatic heterocycles. The van der Waals surface area contributed by atoms with Gasteiger partial charge in [-0.2, -0.15) is 0 Å². The van der Waals surface area contributed by atoms with E-state index in [9.17, 15) is 0 Å². The molecule has 0 amide bonds. The number of aromatic nitrogens is 1. The van der Waals surface area contributed by atoms with Gasteiger partial charge in [0.1, 0.15) is 5.82 Å². The molecule has 7 heteroatoms. The minimum absolute atomic E-state index is 0. The number of benzene rings is 1. The molecule has 3 rings (SSSR count). The summed E-state index contributed by atoms with van der Waals surface area (Å²) < 4.78 is 0. The van der Waals surface area contributed by atoms with Crippen LogP contribution in [0.3, 0.4) is 0 Å². The number of pyridine rings is 1. The highest BCUT2D eigenvalue weighted by molar-refractivity contribution is 14.0. The average molecular weight is 480 g/mol. The van der Waals surface area contributed by atoms with Gasteiger partial charge in [-0.15, -0.1) is 24.0 Å². The largest absolute Gasteiger partial charge is 0.368 e. The summed E-state index contributed by atoms with van der Waals surface area (Å²) >= 11 is 0. The van der Waals surface area contributed by atoms with Gasteiger partial charge in [0, 0.05) is 71.3 Å². The minimum atomic E-state index is 0. The molecule has 0 bridgehead atoms. The number of halogens is 1. The van der Waals surface area contributed by atoms with Crippen LogP contribution in [-0.4, -0.2) is 63.2 Å². The highest BCUT2D eigenvalue weighted by atomic mass is 127. The highest BCUT2D eigenvalue weighted by Crippen LogP contribution is 2.16. The van der Waals surface area contributed by atoms with Crippen LogP contribution in [0.4, 0.5) is 11.5 Å². The monoisotopic (exact) mass is 480 g/mol. The summed E-state index contributed by atoms with van der Waals surface area (Å²) in [6.45, 7) is 4.64. The predicted octanol–water partition coefficient (Wildman–Crippen LogP) is 2.66. The molecule has 1 N–H and O–H groups in total. The Kier molecular flexibility index (Phi) is 8.15. The van der Waals surface area contributed by atoms with Crippen LogP contribution in [0, 0.1) is 0 Å². The lowest BCUT2D eigenvalue weighted by Gasteiger charge is -2.37. The van der Waals surface area contributed by atoms with Crippen LogP contribution in [0.5, 0.6) is 0 Å². The first kappa shape index (κ1) is 21.3. The summed E-state index contributed by atoms with van der Waals surface area (Å²) in [6.07, 6.45) is 1.83. The molecule has 27 heavy (non-hydrogen) atoms. The third-order valence-corrected chi connectivity index (χ3v) is 4.64. The Hall–Kier alpha value is -2.03. The van der Waals surface area contributed by atoms with Crippen LogP contribution >= 0.6 is 24.0 Å². The van der Waals surface area contributed by atoms with E-state index in [4.69, 9.17) is 0 Å². The zero-order valence-corrected chi connectivity index (χ0v) is 18.6. The fourth-order valence-electron chi connectivity index (χ4n) is 3.29. The van der Waals surface area contributed by atoms with Crippen LogP contribution in [-0.2, 0) is 6.54 Å². The summed E-state index contributed by atoms with van der Waals surface area (Å²) in [5.74, 6) is 1.94. The van der Waals surface area contributed by atoms with Gasteiger partial charge in [0.25, 0.3) is 0 Å². The number of rotatable bonds is 4. The maximum Gasteiger partial charge on any atom is 0.194 e. The summed E-state index contributed by atoms with van der Waals surface area (Å²) in [7, 11) is 5.88. The van der Waals surface area contributed by atoms with Gasteiger partial charge in [-0.3, -0.25) is 4.99 Å². The number of nitrogens with zero attached hydrogens (tertiary/aromatic N) is 5. The van der Waals surface area contributed by atoms with E-state index in [2.05, 4.69) is 61.5 Å². The van der Waals surface area contributed by atoms with Gasteiger partial charge in [-0.25, -0.2) is 4.98 Å². The Balaban J connectivity index is 0.00000261. The van der Waals surface area contributed by atoms with Crippen molar-refractivity contribution >= 4 is 41.4 Å². The molecule has 6 nitrogen and oxygen atoms in total. The van der Waals surface area contributed by atoms with Crippen molar-refractivity contribution in [1.29, 1.82) is 0 Å². The van der Waals surface area contributed by atoms with Gasteiger partial charge in [0.05, 0.1) is 0 Å². The van der Waals surface area contributed by atoms with Crippen molar-refractivity contribution in [2.45, 2.75) is 6.54 Å². The second kappa shape index (κ2) is 10.3. The number of guanidine groups is 1. The predicted molar refractivity (Wildman–Crippen MR) is 124 cm³/mol. The first-order valence-electron chi connectivity index (χ1n) is 9.06. The molecule has 1 saturated heterocycles. The Morgan fingerprint density at radius 2 is 1.78 bits per heavy atom. The average Bonchev–Trinajstić information content (AvgIpc) is 2.70. The molecule has 0 radical (unpaired) electrons. The molecule has 1 aromatic carbocycles. The van der Waals surface area contributed by atoms with Gasteiger partial charge >= 0.3 is 0 Å². The summed E-state index contributed by atoms with van der Waals surface area (Å²) in [6, 6.07) is 14.7. The maximum atomic E-state index is 4.48. The minimum Gasteiger partial charge on any atom is -0.368 e. The van der Waals surface area contributed by atoms with Crippen molar-refractivity contribution in [2.24, 2.45) is 4.99 Å². The second-order valence-corrected chi connectivity index (χ2v) is 6.59. The van der Waals surface area contributed by atoms with E-state index in [0.717, 1.165) is 38.0 Å². The van der Waals surface area contributed by atoms with E-state index in [-0.39, 0.29) is 24.0 Å². The van der Waals surface area contributed by atoms with Crippen molar-refractivity contribution in [3.8, 4) is 0 Å². The molecule has 1 fully saturated rings. The van der Waals surface area contributed by atoms with Gasteiger partial charge in [-0.05, 0) is 18.2 Å². The lowest BCUT2D eigenvalue weighted by Crippen LogP contribution is -2.52. The van der Waals surface area contributed by atoms with Crippen LogP contribution < -0.4 is 15.1 Å². The van der Waals surface area contributed by atoms with E-state index < -0.39 is 0 Å². The Labute approximate surface area is 179 Å². The molecule has 1 aromatic heterocycles. The van der Waals surface area contributed by atoms with E-state index in [1.165, 1.54) is 11.3 Å². The molecular formula is C20H29IN6. The Morgan fingerprint density at radius 1 is 1.07 bits per heavy atom. The van der Waals surface area contributed by atoms with Crippen LogP contribution in [0.15, 0.2) is 53.7 Å². The maximum absolute atomic E-state index is 4.48. The number of aliphatic imine (C=N–C) groups is 1. The zero-order valence-electron chi connectivity index (χ0n) is 16.3. The van der Waals surface area contributed by atoms with Crippen LogP contribution in [0.25, 0.3) is 0 Å². The molecule has 0 aliphatic carbocycles. The van der Waals surface area contributed by atoms with E-state index in [0.29, 0.717) is 6.54 Å². The molecule has 0 spiro atoms. The molecular weight excluding hydrogens is 451 g/mol. The highest BCUT2D eigenvalue weighted by Gasteiger charge is 2.20. The molecule has 2 heterocycles. The fourth-order valence-corrected chi connectivity index (χ4v) is 3.29.